The van der Waals surface area contributed by atoms with Gasteiger partial charge in [-0.3, -0.25) is 4.68 Å². The van der Waals surface area contributed by atoms with Gasteiger partial charge in [-0.05, 0) is 30.2 Å². The number of halogens is 2. The van der Waals surface area contributed by atoms with E-state index >= 15 is 0 Å². The van der Waals surface area contributed by atoms with Gasteiger partial charge < -0.3 is 5.32 Å². The van der Waals surface area contributed by atoms with Crippen molar-refractivity contribution in [3.63, 3.8) is 0 Å². The van der Waals surface area contributed by atoms with Gasteiger partial charge >= 0.3 is 0 Å². The Kier molecular flexibility index (Phi) is 4.64. The van der Waals surface area contributed by atoms with E-state index in [0.717, 1.165) is 25.2 Å². The molecule has 0 spiro atoms. The van der Waals surface area contributed by atoms with E-state index < -0.39 is 0 Å². The zero-order chi connectivity index (χ0) is 13.0. The van der Waals surface area contributed by atoms with Gasteiger partial charge in [-0.15, -0.1) is 0 Å². The highest BCUT2D eigenvalue weighted by Gasteiger charge is 1.99. The van der Waals surface area contributed by atoms with Gasteiger partial charge in [0.15, 0.2) is 0 Å². The molecule has 0 aliphatic rings. The number of nitrogens with zero attached hydrogens (tertiary/aromatic N) is 2. The van der Waals surface area contributed by atoms with Gasteiger partial charge in [-0.2, -0.15) is 5.10 Å². The average molecular weight is 284 g/mol. The van der Waals surface area contributed by atoms with Crippen molar-refractivity contribution in [3.05, 3.63) is 51.8 Å². The van der Waals surface area contributed by atoms with Gasteiger partial charge in [-0.25, -0.2) is 0 Å². The fraction of sp³-hybridized carbons (Fsp3) is 0.308. The number of nitrogens with one attached hydrogen (secondary N) is 1. The zero-order valence-corrected chi connectivity index (χ0v) is 11.7. The Balaban J connectivity index is 1.76. The van der Waals surface area contributed by atoms with Crippen LogP contribution in [0.15, 0.2) is 30.6 Å². The molecular weight excluding hydrogens is 269 g/mol. The predicted molar refractivity (Wildman–Crippen MR) is 75.1 cm³/mol. The number of rotatable bonds is 5. The second-order valence-corrected chi connectivity index (χ2v) is 5.02. The number of aryl methyl sites for hydroxylation is 1. The lowest BCUT2D eigenvalue weighted by Gasteiger charge is -2.06. The molecule has 3 nitrogen and oxygen atoms in total. The minimum absolute atomic E-state index is 0.590. The molecule has 1 aromatic carbocycles. The van der Waals surface area contributed by atoms with Crippen molar-refractivity contribution in [2.24, 2.45) is 0 Å². The van der Waals surface area contributed by atoms with E-state index in [4.69, 9.17) is 23.2 Å². The predicted octanol–water partition coefficient (Wildman–Crippen LogP) is 3.29. The van der Waals surface area contributed by atoms with Crippen LogP contribution < -0.4 is 5.32 Å². The van der Waals surface area contributed by atoms with Crippen LogP contribution in [0.5, 0.6) is 0 Å². The molecule has 1 N–H and O–H groups in total. The summed E-state index contributed by atoms with van der Waals surface area (Å²) in [7, 11) is 0. The monoisotopic (exact) mass is 283 g/mol. The van der Waals surface area contributed by atoms with Crippen molar-refractivity contribution >= 4 is 23.2 Å². The first-order valence-electron chi connectivity index (χ1n) is 5.79. The zero-order valence-electron chi connectivity index (χ0n) is 10.2. The van der Waals surface area contributed by atoms with Gasteiger partial charge in [-0.1, -0.05) is 29.3 Å². The Bertz CT molecular complexity index is 523. The van der Waals surface area contributed by atoms with E-state index in [2.05, 4.69) is 10.4 Å². The molecular formula is C13H15Cl2N3. The van der Waals surface area contributed by atoms with Crippen molar-refractivity contribution in [1.29, 1.82) is 0 Å². The summed E-state index contributed by atoms with van der Waals surface area (Å²) < 4.78 is 1.93. The van der Waals surface area contributed by atoms with Crippen LogP contribution in [0, 0.1) is 6.92 Å². The van der Waals surface area contributed by atoms with Crippen molar-refractivity contribution in [3.8, 4) is 0 Å². The van der Waals surface area contributed by atoms with E-state index in [1.807, 2.05) is 42.2 Å². The average Bonchev–Trinajstić information content (AvgIpc) is 2.75. The Morgan fingerprint density at radius 3 is 2.78 bits per heavy atom. The largest absolute Gasteiger partial charge is 0.311 e. The first-order chi connectivity index (χ1) is 8.65. The van der Waals surface area contributed by atoms with Crippen LogP contribution in [-0.4, -0.2) is 16.3 Å². The lowest BCUT2D eigenvalue weighted by Crippen LogP contribution is -2.19. The maximum Gasteiger partial charge on any atom is 0.0595 e. The van der Waals surface area contributed by atoms with Crippen LogP contribution in [0.2, 0.25) is 10.0 Å². The molecule has 1 aromatic heterocycles. The number of hydrogen-bond donors (Lipinski definition) is 1. The van der Waals surface area contributed by atoms with Crippen molar-refractivity contribution in [1.82, 2.24) is 15.1 Å². The van der Waals surface area contributed by atoms with Crippen molar-refractivity contribution in [2.45, 2.75) is 20.0 Å². The van der Waals surface area contributed by atoms with Crippen LogP contribution >= 0.6 is 23.2 Å². The summed E-state index contributed by atoms with van der Waals surface area (Å²) in [6, 6.07) is 5.67. The molecule has 0 saturated carbocycles. The van der Waals surface area contributed by atoms with Gasteiger partial charge in [0.05, 0.1) is 22.8 Å². The lowest BCUT2D eigenvalue weighted by molar-refractivity contribution is 0.554. The molecule has 5 heteroatoms. The number of benzene rings is 1. The van der Waals surface area contributed by atoms with E-state index in [-0.39, 0.29) is 0 Å². The highest BCUT2D eigenvalue weighted by molar-refractivity contribution is 6.42. The third kappa shape index (κ3) is 3.73. The molecule has 96 valence electrons. The molecule has 0 aliphatic carbocycles. The first kappa shape index (κ1) is 13.4. The molecule has 0 bridgehead atoms. The maximum atomic E-state index is 5.95. The Hall–Kier alpha value is -1.03. The van der Waals surface area contributed by atoms with Gasteiger partial charge in [0.25, 0.3) is 0 Å². The summed E-state index contributed by atoms with van der Waals surface area (Å²) in [6.07, 6.45) is 3.89. The summed E-state index contributed by atoms with van der Waals surface area (Å²) >= 11 is 11.8. The van der Waals surface area contributed by atoms with Crippen LogP contribution in [-0.2, 0) is 13.1 Å². The Morgan fingerprint density at radius 2 is 2.11 bits per heavy atom. The van der Waals surface area contributed by atoms with Crippen LogP contribution in [0.25, 0.3) is 0 Å². The molecule has 0 unspecified atom stereocenters. The normalized spacial score (nSPS) is 10.8. The third-order valence-electron chi connectivity index (χ3n) is 2.59. The molecule has 2 rings (SSSR count). The molecule has 0 aliphatic heterocycles. The molecule has 0 saturated heterocycles. The standard InChI is InChI=1S/C13H15Cl2N3/c1-10-7-17-18(9-10)5-4-16-8-11-2-3-12(14)13(15)6-11/h2-3,6-7,9,16H,4-5,8H2,1H3. The van der Waals surface area contributed by atoms with Crippen molar-refractivity contribution < 1.29 is 0 Å². The molecule has 1 heterocycles. The SMILES string of the molecule is Cc1cnn(CCNCc2ccc(Cl)c(Cl)c2)c1. The molecule has 0 fully saturated rings. The second-order valence-electron chi connectivity index (χ2n) is 4.21. The van der Waals surface area contributed by atoms with Crippen molar-refractivity contribution in [2.75, 3.05) is 6.54 Å². The quantitative estimate of drug-likeness (QED) is 0.854. The first-order valence-corrected chi connectivity index (χ1v) is 6.54. The number of aromatic nitrogens is 2. The minimum atomic E-state index is 0.590. The highest BCUT2D eigenvalue weighted by Crippen LogP contribution is 2.22. The molecule has 0 atom stereocenters. The van der Waals surface area contributed by atoms with E-state index in [1.165, 1.54) is 5.56 Å². The lowest BCUT2D eigenvalue weighted by atomic mass is 10.2. The Labute approximate surface area is 117 Å². The molecule has 2 aromatic rings. The highest BCUT2D eigenvalue weighted by atomic mass is 35.5. The third-order valence-corrected chi connectivity index (χ3v) is 3.33. The summed E-state index contributed by atoms with van der Waals surface area (Å²) in [6.45, 7) is 4.53. The van der Waals surface area contributed by atoms with E-state index in [0.29, 0.717) is 10.0 Å². The minimum Gasteiger partial charge on any atom is -0.311 e. The van der Waals surface area contributed by atoms with Gasteiger partial charge in [0.1, 0.15) is 0 Å². The van der Waals surface area contributed by atoms with Gasteiger partial charge in [0, 0.05) is 19.3 Å². The molecule has 18 heavy (non-hydrogen) atoms. The summed E-state index contributed by atoms with van der Waals surface area (Å²) in [4.78, 5) is 0. The summed E-state index contributed by atoms with van der Waals surface area (Å²) in [5, 5.41) is 8.75. The topological polar surface area (TPSA) is 29.9 Å². The smallest absolute Gasteiger partial charge is 0.0595 e. The van der Waals surface area contributed by atoms with Gasteiger partial charge in [0.2, 0.25) is 0 Å². The second kappa shape index (κ2) is 6.23. The Morgan fingerprint density at radius 1 is 1.28 bits per heavy atom. The van der Waals surface area contributed by atoms with Crippen LogP contribution in [0.1, 0.15) is 11.1 Å². The fourth-order valence-electron chi connectivity index (χ4n) is 1.67. The fourth-order valence-corrected chi connectivity index (χ4v) is 1.99. The molecule has 0 amide bonds. The van der Waals surface area contributed by atoms with E-state index in [1.54, 1.807) is 0 Å². The maximum absolute atomic E-state index is 5.95. The summed E-state index contributed by atoms with van der Waals surface area (Å²) in [5.74, 6) is 0. The van der Waals surface area contributed by atoms with Crippen LogP contribution in [0.4, 0.5) is 0 Å². The van der Waals surface area contributed by atoms with E-state index in [9.17, 15) is 0 Å². The molecule has 0 radical (unpaired) electrons. The summed E-state index contributed by atoms with van der Waals surface area (Å²) in [5.41, 5.74) is 2.31. The van der Waals surface area contributed by atoms with Crippen LogP contribution in [0.3, 0.4) is 0 Å². The number of hydrogen-bond acceptors (Lipinski definition) is 2.